The van der Waals surface area contributed by atoms with Crippen molar-refractivity contribution >= 4 is 33.3 Å². The van der Waals surface area contributed by atoms with Gasteiger partial charge in [-0.15, -0.1) is 0 Å². The summed E-state index contributed by atoms with van der Waals surface area (Å²) in [6, 6.07) is 1.43. The van der Waals surface area contributed by atoms with E-state index in [0.717, 1.165) is 30.6 Å². The normalized spacial score (nSPS) is 16.4. The van der Waals surface area contributed by atoms with Crippen LogP contribution in [-0.4, -0.2) is 53.2 Å². The first-order valence-corrected chi connectivity index (χ1v) is 11.4. The molecule has 5 rings (SSSR count). The molecular weight excluding hydrogens is 440 g/mol. The number of nitrogens with one attached hydrogen (secondary N) is 2. The molecule has 3 aromatic heterocycles. The standard InChI is InChI=1S/C24H27F2N7O/c1-3-28-17-7-16(25)20(26)18-19-22(33-6-4-5-13(8-27)12-33)15(11-29-23(19)32-21(17)18)14-9-30-24(34-2)31-10-14/h7,9-11,13,28H,3-6,8,12,27H2,1-2H3,(H,29,32)/t13-/m0/s1. The van der Waals surface area contributed by atoms with Gasteiger partial charge in [-0.2, -0.15) is 0 Å². The molecule has 0 spiro atoms. The van der Waals surface area contributed by atoms with Gasteiger partial charge in [0.2, 0.25) is 0 Å². The summed E-state index contributed by atoms with van der Waals surface area (Å²) in [5.41, 5.74) is 9.69. The zero-order valence-corrected chi connectivity index (χ0v) is 19.2. The molecule has 0 unspecified atom stereocenters. The number of nitrogens with two attached hydrogens (primary N) is 1. The number of methoxy groups -OCH3 is 1. The van der Waals surface area contributed by atoms with Gasteiger partial charge in [-0.1, -0.05) is 0 Å². The van der Waals surface area contributed by atoms with Crippen LogP contribution >= 0.6 is 0 Å². The van der Waals surface area contributed by atoms with Crippen LogP contribution in [0.1, 0.15) is 19.8 Å². The smallest absolute Gasteiger partial charge is 0.316 e. The van der Waals surface area contributed by atoms with Gasteiger partial charge in [0, 0.05) is 55.4 Å². The van der Waals surface area contributed by atoms with Crippen LogP contribution in [0.5, 0.6) is 6.01 Å². The number of anilines is 2. The number of aromatic nitrogens is 4. The summed E-state index contributed by atoms with van der Waals surface area (Å²) in [5, 5.41) is 3.84. The van der Waals surface area contributed by atoms with Crippen molar-refractivity contribution in [2.45, 2.75) is 19.8 Å². The third-order valence-electron chi connectivity index (χ3n) is 6.42. The number of halogens is 2. The number of H-pyrrole nitrogens is 1. The molecule has 0 saturated carbocycles. The van der Waals surface area contributed by atoms with Crippen LogP contribution in [0.2, 0.25) is 0 Å². The van der Waals surface area contributed by atoms with Gasteiger partial charge in [-0.3, -0.25) is 0 Å². The van der Waals surface area contributed by atoms with Crippen molar-refractivity contribution in [1.29, 1.82) is 0 Å². The second kappa shape index (κ2) is 9.02. The number of ether oxygens (including phenoxy) is 1. The summed E-state index contributed by atoms with van der Waals surface area (Å²) in [7, 11) is 1.50. The molecule has 4 aromatic rings. The van der Waals surface area contributed by atoms with Gasteiger partial charge in [0.05, 0.1) is 34.8 Å². The molecule has 0 aliphatic carbocycles. The maximum Gasteiger partial charge on any atom is 0.316 e. The van der Waals surface area contributed by atoms with E-state index >= 15 is 4.39 Å². The lowest BCUT2D eigenvalue weighted by Gasteiger charge is -2.35. The lowest BCUT2D eigenvalue weighted by atomic mass is 9.95. The summed E-state index contributed by atoms with van der Waals surface area (Å²) in [5.74, 6) is -1.51. The molecule has 4 heterocycles. The topological polar surface area (TPSA) is 105 Å². The second-order valence-corrected chi connectivity index (χ2v) is 8.52. The molecule has 10 heteroatoms. The number of pyridine rings is 1. The van der Waals surface area contributed by atoms with Crippen LogP contribution in [-0.2, 0) is 0 Å². The molecule has 0 radical (unpaired) electrons. The fourth-order valence-corrected chi connectivity index (χ4v) is 4.83. The zero-order chi connectivity index (χ0) is 23.8. The summed E-state index contributed by atoms with van der Waals surface area (Å²) in [6.07, 6.45) is 7.01. The monoisotopic (exact) mass is 467 g/mol. The summed E-state index contributed by atoms with van der Waals surface area (Å²) < 4.78 is 35.2. The molecule has 1 saturated heterocycles. The summed E-state index contributed by atoms with van der Waals surface area (Å²) in [6.45, 7) is 4.51. The Balaban J connectivity index is 1.83. The fraction of sp³-hybridized carbons (Fsp3) is 0.375. The van der Waals surface area contributed by atoms with Crippen molar-refractivity contribution in [2.75, 3.05) is 43.5 Å². The number of rotatable bonds is 6. The minimum atomic E-state index is -0.910. The Morgan fingerprint density at radius 3 is 2.71 bits per heavy atom. The zero-order valence-electron chi connectivity index (χ0n) is 19.2. The highest BCUT2D eigenvalue weighted by Gasteiger charge is 2.28. The van der Waals surface area contributed by atoms with E-state index in [1.807, 2.05) is 6.92 Å². The lowest BCUT2D eigenvalue weighted by molar-refractivity contribution is 0.380. The number of piperidine rings is 1. The Morgan fingerprint density at radius 1 is 1.21 bits per heavy atom. The molecule has 1 aromatic carbocycles. The van der Waals surface area contributed by atoms with Crippen molar-refractivity contribution in [3.8, 4) is 17.1 Å². The van der Waals surface area contributed by atoms with Crippen molar-refractivity contribution < 1.29 is 13.5 Å². The minimum absolute atomic E-state index is 0.180. The third kappa shape index (κ3) is 3.67. The molecule has 1 aliphatic rings. The number of hydrogen-bond donors (Lipinski definition) is 3. The van der Waals surface area contributed by atoms with Gasteiger partial charge >= 0.3 is 6.01 Å². The predicted molar refractivity (Wildman–Crippen MR) is 129 cm³/mol. The van der Waals surface area contributed by atoms with Gasteiger partial charge in [-0.05, 0) is 32.2 Å². The van der Waals surface area contributed by atoms with Gasteiger partial charge in [0.25, 0.3) is 0 Å². The number of fused-ring (bicyclic) bond motifs is 3. The first-order valence-electron chi connectivity index (χ1n) is 11.4. The molecule has 8 nitrogen and oxygen atoms in total. The van der Waals surface area contributed by atoms with Crippen molar-refractivity contribution in [3.63, 3.8) is 0 Å². The number of hydrogen-bond acceptors (Lipinski definition) is 7. The number of benzene rings is 1. The van der Waals surface area contributed by atoms with Crippen molar-refractivity contribution in [1.82, 2.24) is 19.9 Å². The van der Waals surface area contributed by atoms with Crippen LogP contribution in [0.4, 0.5) is 20.2 Å². The lowest BCUT2D eigenvalue weighted by Crippen LogP contribution is -2.38. The Morgan fingerprint density at radius 2 is 2.00 bits per heavy atom. The van der Waals surface area contributed by atoms with Gasteiger partial charge in [0.15, 0.2) is 11.6 Å². The predicted octanol–water partition coefficient (Wildman–Crippen LogP) is 4.07. The molecule has 34 heavy (non-hydrogen) atoms. The summed E-state index contributed by atoms with van der Waals surface area (Å²) >= 11 is 0. The SMILES string of the molecule is CCNc1cc(F)c(F)c2c1[nH]c1ncc(-c3cnc(OC)nc3)c(N3CCC[C@@H](CN)C3)c12. The molecule has 178 valence electrons. The highest BCUT2D eigenvalue weighted by atomic mass is 19.2. The first-order chi connectivity index (χ1) is 16.5. The fourth-order valence-electron chi connectivity index (χ4n) is 4.83. The molecule has 1 atom stereocenters. The molecule has 4 N–H and O–H groups in total. The van der Waals surface area contributed by atoms with Crippen LogP contribution in [0, 0.1) is 17.6 Å². The highest BCUT2D eigenvalue weighted by molar-refractivity contribution is 6.18. The van der Waals surface area contributed by atoms with Gasteiger partial charge in [-0.25, -0.2) is 23.7 Å². The third-order valence-corrected chi connectivity index (χ3v) is 6.42. The molecule has 0 bridgehead atoms. The van der Waals surface area contributed by atoms with Crippen molar-refractivity contribution in [2.24, 2.45) is 11.7 Å². The van der Waals surface area contributed by atoms with Gasteiger partial charge < -0.3 is 25.7 Å². The van der Waals surface area contributed by atoms with E-state index in [-0.39, 0.29) is 11.4 Å². The number of nitrogens with zero attached hydrogens (tertiary/aromatic N) is 4. The van der Waals surface area contributed by atoms with E-state index < -0.39 is 11.6 Å². The van der Waals surface area contributed by atoms with E-state index in [1.165, 1.54) is 13.2 Å². The van der Waals surface area contributed by atoms with Crippen molar-refractivity contribution in [3.05, 3.63) is 36.3 Å². The van der Waals surface area contributed by atoms with E-state index in [1.54, 1.807) is 18.6 Å². The van der Waals surface area contributed by atoms with Crippen LogP contribution in [0.15, 0.2) is 24.7 Å². The Labute approximate surface area is 195 Å². The van der Waals surface area contributed by atoms with Crippen LogP contribution < -0.4 is 20.7 Å². The molecule has 0 amide bonds. The van der Waals surface area contributed by atoms with E-state index in [0.29, 0.717) is 53.4 Å². The van der Waals surface area contributed by atoms with E-state index in [2.05, 4.69) is 30.2 Å². The minimum Gasteiger partial charge on any atom is -0.467 e. The molecule has 1 aliphatic heterocycles. The van der Waals surface area contributed by atoms with E-state index in [9.17, 15) is 4.39 Å². The second-order valence-electron chi connectivity index (χ2n) is 8.52. The molecular formula is C24H27F2N7O. The summed E-state index contributed by atoms with van der Waals surface area (Å²) in [4.78, 5) is 18.5. The van der Waals surface area contributed by atoms with Gasteiger partial charge in [0.1, 0.15) is 5.65 Å². The maximum absolute atomic E-state index is 15.4. The Bertz CT molecular complexity index is 1340. The van der Waals surface area contributed by atoms with Crippen LogP contribution in [0.3, 0.4) is 0 Å². The Kier molecular flexibility index (Phi) is 5.91. The largest absolute Gasteiger partial charge is 0.467 e. The maximum atomic E-state index is 15.4. The molecule has 1 fully saturated rings. The van der Waals surface area contributed by atoms with Crippen LogP contribution in [0.25, 0.3) is 33.1 Å². The first kappa shape index (κ1) is 22.3. The highest BCUT2D eigenvalue weighted by Crippen LogP contribution is 2.44. The average Bonchev–Trinajstić information content (AvgIpc) is 3.27. The Hall–Kier alpha value is -3.53. The quantitative estimate of drug-likeness (QED) is 0.393. The number of aromatic amines is 1. The average molecular weight is 468 g/mol. The van der Waals surface area contributed by atoms with E-state index in [4.69, 9.17) is 10.5 Å².